The van der Waals surface area contributed by atoms with Crippen LogP contribution in [0.3, 0.4) is 0 Å². The Morgan fingerprint density at radius 2 is 1.50 bits per heavy atom. The van der Waals surface area contributed by atoms with E-state index in [2.05, 4.69) is 19.1 Å². The highest BCUT2D eigenvalue weighted by Crippen LogP contribution is 2.41. The van der Waals surface area contributed by atoms with E-state index in [-0.39, 0.29) is 18.3 Å². The van der Waals surface area contributed by atoms with Crippen molar-refractivity contribution in [2.24, 2.45) is 11.8 Å². The van der Waals surface area contributed by atoms with Gasteiger partial charge in [0.15, 0.2) is 5.79 Å². The molecule has 3 unspecified atom stereocenters. The molecule has 0 spiro atoms. The van der Waals surface area contributed by atoms with Gasteiger partial charge in [-0.2, -0.15) is 0 Å². The number of unbranched alkanes of at least 4 members (excludes halogenated alkanes) is 9. The number of aliphatic hydroxyl groups excluding tert-OH is 2. The molecule has 1 heterocycles. The third kappa shape index (κ3) is 10.8. The Morgan fingerprint density at radius 3 is 2.24 bits per heavy atom. The van der Waals surface area contributed by atoms with Crippen molar-refractivity contribution < 1.29 is 29.6 Å². The van der Waals surface area contributed by atoms with E-state index >= 15 is 0 Å². The van der Waals surface area contributed by atoms with Gasteiger partial charge in [0, 0.05) is 19.3 Å². The first kappa shape index (κ1) is 29.3. The van der Waals surface area contributed by atoms with Gasteiger partial charge in [0.1, 0.15) is 0 Å². The summed E-state index contributed by atoms with van der Waals surface area (Å²) in [6, 6.07) is 0. The Bertz CT molecular complexity index is 571. The zero-order chi connectivity index (χ0) is 24.7. The molecule has 1 saturated heterocycles. The molecule has 198 valence electrons. The molecule has 6 heteroatoms. The number of hydrogen-bond donors (Lipinski definition) is 3. The predicted octanol–water partition coefficient (Wildman–Crippen LogP) is 5.99. The zero-order valence-electron chi connectivity index (χ0n) is 21.5. The third-order valence-corrected chi connectivity index (χ3v) is 7.69. The van der Waals surface area contributed by atoms with Crippen molar-refractivity contribution >= 4 is 5.97 Å². The normalized spacial score (nSPS) is 26.6. The fourth-order valence-corrected chi connectivity index (χ4v) is 5.64. The molecule has 3 N–H and O–H groups in total. The highest BCUT2D eigenvalue weighted by molar-refractivity contribution is 5.66. The minimum absolute atomic E-state index is 0.0821. The van der Waals surface area contributed by atoms with Crippen molar-refractivity contribution in [3.8, 4) is 0 Å². The Kier molecular flexibility index (Phi) is 14.4. The highest BCUT2D eigenvalue weighted by Gasteiger charge is 2.43. The zero-order valence-corrected chi connectivity index (χ0v) is 21.5. The van der Waals surface area contributed by atoms with Crippen LogP contribution in [0.15, 0.2) is 12.2 Å². The van der Waals surface area contributed by atoms with Crippen molar-refractivity contribution in [2.75, 3.05) is 13.2 Å². The summed E-state index contributed by atoms with van der Waals surface area (Å²) in [6.07, 6.45) is 19.7. The standard InChI is InChI=1S/C28H50O6/c1-2-3-4-11-14-18-28(33-20-21-34-28)19-17-24-23(25(29)22-26(24)30)15-12-9-7-5-6-8-10-13-16-27(31)32/h9,12,23-26,29-30H,2-8,10-11,13-22H2,1H3,(H,31,32)/t23?,24-,25?,26?/m1/s1. The minimum atomic E-state index is -0.707. The molecule has 1 aliphatic carbocycles. The quantitative estimate of drug-likeness (QED) is 0.155. The molecule has 0 radical (unpaired) electrons. The molecule has 6 nitrogen and oxygen atoms in total. The summed E-state index contributed by atoms with van der Waals surface area (Å²) < 4.78 is 12.1. The Balaban J connectivity index is 1.70. The smallest absolute Gasteiger partial charge is 0.303 e. The summed E-state index contributed by atoms with van der Waals surface area (Å²) in [4.78, 5) is 10.5. The molecule has 4 atom stereocenters. The van der Waals surface area contributed by atoms with Gasteiger partial charge in [-0.1, -0.05) is 64.0 Å². The van der Waals surface area contributed by atoms with E-state index in [4.69, 9.17) is 14.6 Å². The van der Waals surface area contributed by atoms with Crippen LogP contribution < -0.4 is 0 Å². The van der Waals surface area contributed by atoms with E-state index in [1.165, 1.54) is 25.7 Å². The fraction of sp³-hybridized carbons (Fsp3) is 0.893. The molecule has 0 aromatic heterocycles. The molecule has 34 heavy (non-hydrogen) atoms. The second-order valence-electron chi connectivity index (χ2n) is 10.4. The summed E-state index contributed by atoms with van der Waals surface area (Å²) in [5, 5.41) is 29.9. The molecule has 0 aromatic carbocycles. The fourth-order valence-electron chi connectivity index (χ4n) is 5.64. The average Bonchev–Trinajstić information content (AvgIpc) is 3.37. The van der Waals surface area contributed by atoms with Gasteiger partial charge in [-0.25, -0.2) is 0 Å². The van der Waals surface area contributed by atoms with Crippen LogP contribution in [0.4, 0.5) is 0 Å². The lowest BCUT2D eigenvalue weighted by Gasteiger charge is -2.31. The van der Waals surface area contributed by atoms with Crippen LogP contribution in [0.5, 0.6) is 0 Å². The van der Waals surface area contributed by atoms with Crippen molar-refractivity contribution in [3.63, 3.8) is 0 Å². The van der Waals surface area contributed by atoms with Gasteiger partial charge in [-0.3, -0.25) is 4.79 Å². The number of aliphatic hydroxyl groups is 2. The summed E-state index contributed by atoms with van der Waals surface area (Å²) in [5.41, 5.74) is 0. The average molecular weight is 483 g/mol. The summed E-state index contributed by atoms with van der Waals surface area (Å²) in [5.74, 6) is -1.03. The molecular formula is C28H50O6. The number of carboxylic acids is 1. The van der Waals surface area contributed by atoms with Gasteiger partial charge in [0.05, 0.1) is 25.4 Å². The number of carbonyl (C=O) groups is 1. The number of aliphatic carboxylic acids is 1. The number of ether oxygens (including phenoxy) is 2. The Hall–Kier alpha value is -0.950. The first-order valence-corrected chi connectivity index (χ1v) is 14.0. The van der Waals surface area contributed by atoms with Gasteiger partial charge in [0.2, 0.25) is 0 Å². The van der Waals surface area contributed by atoms with E-state index in [0.717, 1.165) is 70.6 Å². The van der Waals surface area contributed by atoms with Crippen LogP contribution in [0.1, 0.15) is 116 Å². The molecule has 0 aromatic rings. The van der Waals surface area contributed by atoms with Crippen molar-refractivity contribution in [3.05, 3.63) is 12.2 Å². The largest absolute Gasteiger partial charge is 0.481 e. The molecule has 0 bridgehead atoms. The topological polar surface area (TPSA) is 96.2 Å². The maximum Gasteiger partial charge on any atom is 0.303 e. The number of allylic oxidation sites excluding steroid dienone is 2. The van der Waals surface area contributed by atoms with E-state index < -0.39 is 24.0 Å². The molecule has 2 aliphatic rings. The maximum absolute atomic E-state index is 10.6. The number of carboxylic acid groups (broad SMARTS) is 1. The second-order valence-corrected chi connectivity index (χ2v) is 10.4. The van der Waals surface area contributed by atoms with Gasteiger partial charge < -0.3 is 24.8 Å². The van der Waals surface area contributed by atoms with E-state index in [1.807, 2.05) is 0 Å². The number of rotatable bonds is 19. The first-order valence-electron chi connectivity index (χ1n) is 14.0. The lowest BCUT2D eigenvalue weighted by atomic mass is 9.85. The molecule has 0 amide bonds. The van der Waals surface area contributed by atoms with Crippen LogP contribution in [0.25, 0.3) is 0 Å². The van der Waals surface area contributed by atoms with Gasteiger partial charge in [-0.05, 0) is 56.8 Å². The maximum atomic E-state index is 10.6. The minimum Gasteiger partial charge on any atom is -0.481 e. The van der Waals surface area contributed by atoms with Crippen molar-refractivity contribution in [2.45, 2.75) is 134 Å². The highest BCUT2D eigenvalue weighted by atomic mass is 16.7. The second kappa shape index (κ2) is 16.7. The van der Waals surface area contributed by atoms with Gasteiger partial charge in [0.25, 0.3) is 0 Å². The molecule has 2 rings (SSSR count). The lowest BCUT2D eigenvalue weighted by molar-refractivity contribution is -0.171. The molecule has 2 fully saturated rings. The molecular weight excluding hydrogens is 432 g/mol. The summed E-state index contributed by atoms with van der Waals surface area (Å²) in [7, 11) is 0. The lowest BCUT2D eigenvalue weighted by Crippen LogP contribution is -2.33. The van der Waals surface area contributed by atoms with Crippen molar-refractivity contribution in [1.29, 1.82) is 0 Å². The van der Waals surface area contributed by atoms with Gasteiger partial charge in [-0.15, -0.1) is 0 Å². The third-order valence-electron chi connectivity index (χ3n) is 7.69. The van der Waals surface area contributed by atoms with Crippen LogP contribution in [-0.2, 0) is 14.3 Å². The summed E-state index contributed by atoms with van der Waals surface area (Å²) >= 11 is 0. The monoisotopic (exact) mass is 482 g/mol. The van der Waals surface area contributed by atoms with Crippen molar-refractivity contribution in [1.82, 2.24) is 0 Å². The van der Waals surface area contributed by atoms with Crippen LogP contribution >= 0.6 is 0 Å². The van der Waals surface area contributed by atoms with Crippen LogP contribution in [-0.4, -0.2) is 52.5 Å². The SMILES string of the molecule is CCCCCCCC1(CC[C@H]2C(O)CC(O)C2CC=CCCCCCCCC(=O)O)OCCO1. The van der Waals surface area contributed by atoms with Crippen LogP contribution in [0.2, 0.25) is 0 Å². The predicted molar refractivity (Wildman–Crippen MR) is 135 cm³/mol. The van der Waals surface area contributed by atoms with Gasteiger partial charge >= 0.3 is 5.97 Å². The van der Waals surface area contributed by atoms with E-state index in [1.54, 1.807) is 0 Å². The Labute approximate surface area is 207 Å². The number of hydrogen-bond acceptors (Lipinski definition) is 5. The van der Waals surface area contributed by atoms with E-state index in [9.17, 15) is 15.0 Å². The Morgan fingerprint density at radius 1 is 0.853 bits per heavy atom. The van der Waals surface area contributed by atoms with Crippen LogP contribution in [0, 0.1) is 11.8 Å². The summed E-state index contributed by atoms with van der Waals surface area (Å²) in [6.45, 7) is 3.53. The molecule has 1 saturated carbocycles. The first-order chi connectivity index (χ1) is 16.5. The molecule has 1 aliphatic heterocycles. The van der Waals surface area contributed by atoms with E-state index in [0.29, 0.717) is 19.6 Å².